The highest BCUT2D eigenvalue weighted by atomic mass is 32.2. The molecule has 206 valence electrons. The van der Waals surface area contributed by atoms with Crippen LogP contribution in [0.5, 0.6) is 0 Å². The maximum absolute atomic E-state index is 13.8. The van der Waals surface area contributed by atoms with Crippen molar-refractivity contribution in [3.05, 3.63) is 70.8 Å². The number of rotatable bonds is 5. The van der Waals surface area contributed by atoms with Crippen molar-refractivity contribution < 1.29 is 39.9 Å². The van der Waals surface area contributed by atoms with Crippen molar-refractivity contribution in [2.24, 2.45) is 0 Å². The molecule has 15 heteroatoms. The summed E-state index contributed by atoms with van der Waals surface area (Å²) in [6.45, 7) is 2.50. The summed E-state index contributed by atoms with van der Waals surface area (Å²) < 4.78 is 108. The highest BCUT2D eigenvalue weighted by Gasteiger charge is 2.35. The zero-order valence-corrected chi connectivity index (χ0v) is 21.6. The fraction of sp³-hybridized carbons (Fsp3) is 0.250. The summed E-state index contributed by atoms with van der Waals surface area (Å²) in [4.78, 5) is 7.75. The van der Waals surface area contributed by atoms with Gasteiger partial charge in [0.2, 0.25) is 0 Å². The maximum Gasteiger partial charge on any atom is 0.420 e. The lowest BCUT2D eigenvalue weighted by atomic mass is 10.0. The second-order valence-electron chi connectivity index (χ2n) is 8.93. The van der Waals surface area contributed by atoms with Gasteiger partial charge in [0.1, 0.15) is 11.3 Å². The summed E-state index contributed by atoms with van der Waals surface area (Å²) >= 11 is 0.711. The summed E-state index contributed by atoms with van der Waals surface area (Å²) in [7, 11) is -4.02. The molecular formula is C24H18F6N4O3S2. The Kier molecular flexibility index (Phi) is 7.28. The van der Waals surface area contributed by atoms with E-state index in [1.54, 1.807) is 0 Å². The highest BCUT2D eigenvalue weighted by molar-refractivity contribution is 7.91. The molecule has 7 nitrogen and oxygen atoms in total. The Balaban J connectivity index is 1.74. The van der Waals surface area contributed by atoms with E-state index in [0.29, 0.717) is 11.3 Å². The quantitative estimate of drug-likeness (QED) is 0.254. The Bertz CT molecular complexity index is 1690. The van der Waals surface area contributed by atoms with Gasteiger partial charge in [0.15, 0.2) is 9.22 Å². The zero-order chi connectivity index (χ0) is 28.8. The first-order chi connectivity index (χ1) is 18.0. The standard InChI is InChI=1S/C24H18F6N4O3S2/c1-22(2,13-35)33-39(36,37)20-11-31-19(38-20)8-7-17-10-32-21-18(24(28,29)30)9-15(12-34(17)21)14-3-5-16(6-4-14)23(25,26)27/h3-6,9-12,33,35H,13H2,1-2H3. The molecule has 2 N–H and O–H groups in total. The zero-order valence-electron chi connectivity index (χ0n) is 20.0. The van der Waals surface area contributed by atoms with E-state index in [-0.39, 0.29) is 26.0 Å². The minimum atomic E-state index is -4.83. The number of thiazole rings is 1. The van der Waals surface area contributed by atoms with Crippen LogP contribution in [-0.4, -0.2) is 40.0 Å². The third kappa shape index (κ3) is 6.25. The molecule has 1 aromatic carbocycles. The Hall–Kier alpha value is -3.45. The number of nitrogens with zero attached hydrogens (tertiary/aromatic N) is 3. The van der Waals surface area contributed by atoms with Crippen LogP contribution in [0.15, 0.2) is 53.1 Å². The van der Waals surface area contributed by atoms with Crippen molar-refractivity contribution in [1.29, 1.82) is 0 Å². The molecule has 0 spiro atoms. The summed E-state index contributed by atoms with van der Waals surface area (Å²) in [5, 5.41) is 9.35. The fourth-order valence-electron chi connectivity index (χ4n) is 3.40. The van der Waals surface area contributed by atoms with Crippen LogP contribution in [0.4, 0.5) is 26.3 Å². The molecule has 0 aliphatic carbocycles. The predicted molar refractivity (Wildman–Crippen MR) is 130 cm³/mol. The van der Waals surface area contributed by atoms with E-state index in [4.69, 9.17) is 0 Å². The van der Waals surface area contributed by atoms with Gasteiger partial charge < -0.3 is 5.11 Å². The number of aromatic nitrogens is 3. The van der Waals surface area contributed by atoms with Gasteiger partial charge in [-0.15, -0.1) is 0 Å². The number of fused-ring (bicyclic) bond motifs is 1. The van der Waals surface area contributed by atoms with Crippen LogP contribution in [0, 0.1) is 11.8 Å². The first kappa shape index (κ1) is 28.6. The molecule has 0 radical (unpaired) electrons. The van der Waals surface area contributed by atoms with Gasteiger partial charge in [-0.2, -0.15) is 26.3 Å². The number of aliphatic hydroxyl groups is 1. The normalized spacial score (nSPS) is 12.9. The van der Waals surface area contributed by atoms with Crippen molar-refractivity contribution in [2.45, 2.75) is 35.9 Å². The van der Waals surface area contributed by atoms with Gasteiger partial charge in [0, 0.05) is 6.20 Å². The lowest BCUT2D eigenvalue weighted by Crippen LogP contribution is -2.45. The molecule has 0 unspecified atom stereocenters. The monoisotopic (exact) mass is 588 g/mol. The minimum Gasteiger partial charge on any atom is -0.394 e. The van der Waals surface area contributed by atoms with Gasteiger partial charge >= 0.3 is 12.4 Å². The van der Waals surface area contributed by atoms with Crippen LogP contribution >= 0.6 is 11.3 Å². The number of pyridine rings is 1. The van der Waals surface area contributed by atoms with E-state index in [1.807, 2.05) is 0 Å². The molecule has 3 aromatic heterocycles. The van der Waals surface area contributed by atoms with Crippen LogP contribution in [0.1, 0.15) is 35.7 Å². The first-order valence-corrected chi connectivity index (χ1v) is 13.2. The van der Waals surface area contributed by atoms with Gasteiger partial charge in [-0.3, -0.25) is 4.40 Å². The molecule has 3 heterocycles. The Morgan fingerprint density at radius 2 is 1.64 bits per heavy atom. The van der Waals surface area contributed by atoms with Crippen LogP contribution in [0.25, 0.3) is 16.8 Å². The Labute approximate surface area is 222 Å². The summed E-state index contributed by atoms with van der Waals surface area (Å²) in [6, 6.07) is 4.46. The number of alkyl halides is 6. The minimum absolute atomic E-state index is 0.00316. The highest BCUT2D eigenvalue weighted by Crippen LogP contribution is 2.36. The van der Waals surface area contributed by atoms with Gasteiger partial charge in [0.05, 0.1) is 35.7 Å². The summed E-state index contributed by atoms with van der Waals surface area (Å²) in [6.07, 6.45) is -6.02. The number of sulfonamides is 1. The maximum atomic E-state index is 13.8. The third-order valence-electron chi connectivity index (χ3n) is 5.31. The van der Waals surface area contributed by atoms with Crippen LogP contribution in [0.3, 0.4) is 0 Å². The predicted octanol–water partition coefficient (Wildman–Crippen LogP) is 4.94. The molecular weight excluding hydrogens is 570 g/mol. The molecule has 0 saturated heterocycles. The van der Waals surface area contributed by atoms with E-state index >= 15 is 0 Å². The first-order valence-electron chi connectivity index (χ1n) is 10.9. The van der Waals surface area contributed by atoms with E-state index in [1.165, 1.54) is 20.0 Å². The topological polar surface area (TPSA) is 96.6 Å². The van der Waals surface area contributed by atoms with Crippen molar-refractivity contribution in [2.75, 3.05) is 6.61 Å². The van der Waals surface area contributed by atoms with E-state index in [2.05, 4.69) is 26.5 Å². The summed E-state index contributed by atoms with van der Waals surface area (Å²) in [5.41, 5.74) is -3.58. The number of hydrogen-bond acceptors (Lipinski definition) is 6. The Morgan fingerprint density at radius 3 is 2.23 bits per heavy atom. The van der Waals surface area contributed by atoms with E-state index in [9.17, 15) is 39.9 Å². The third-order valence-corrected chi connectivity index (χ3v) is 8.38. The van der Waals surface area contributed by atoms with Gasteiger partial charge in [-0.25, -0.2) is 23.1 Å². The Morgan fingerprint density at radius 1 is 0.974 bits per heavy atom. The molecule has 0 amide bonds. The smallest absolute Gasteiger partial charge is 0.394 e. The largest absolute Gasteiger partial charge is 0.420 e. The average Bonchev–Trinajstić information content (AvgIpc) is 3.48. The number of imidazole rings is 1. The van der Waals surface area contributed by atoms with Crippen LogP contribution < -0.4 is 4.72 Å². The number of hydrogen-bond donors (Lipinski definition) is 2. The van der Waals surface area contributed by atoms with Crippen molar-refractivity contribution in [3.63, 3.8) is 0 Å². The molecule has 0 atom stereocenters. The number of halogens is 6. The second-order valence-corrected chi connectivity index (χ2v) is 11.9. The average molecular weight is 589 g/mol. The van der Waals surface area contributed by atoms with E-state index < -0.39 is 51.3 Å². The van der Waals surface area contributed by atoms with Crippen LogP contribution in [0.2, 0.25) is 0 Å². The molecule has 0 bridgehead atoms. The molecule has 4 aromatic rings. The van der Waals surface area contributed by atoms with Crippen molar-refractivity contribution in [1.82, 2.24) is 19.1 Å². The number of nitrogens with one attached hydrogen (secondary N) is 1. The lowest BCUT2D eigenvalue weighted by Gasteiger charge is -2.22. The fourth-order valence-corrected chi connectivity index (χ4v) is 5.79. The van der Waals surface area contributed by atoms with Gasteiger partial charge in [-0.05, 0) is 55.0 Å². The van der Waals surface area contributed by atoms with E-state index in [0.717, 1.165) is 47.1 Å². The molecule has 39 heavy (non-hydrogen) atoms. The van der Waals surface area contributed by atoms with Crippen molar-refractivity contribution >= 4 is 27.0 Å². The molecule has 0 aliphatic rings. The molecule has 4 rings (SSSR count). The van der Waals surface area contributed by atoms with Gasteiger partial charge in [-0.1, -0.05) is 23.5 Å². The van der Waals surface area contributed by atoms with Gasteiger partial charge in [0.25, 0.3) is 10.0 Å². The second kappa shape index (κ2) is 9.94. The molecule has 0 fully saturated rings. The van der Waals surface area contributed by atoms with Crippen LogP contribution in [-0.2, 0) is 22.4 Å². The number of benzene rings is 1. The SMILES string of the molecule is CC(C)(CO)NS(=O)(=O)c1cnc(C#Cc2cnc3c(C(F)(F)F)cc(-c4ccc(C(F)(F)F)cc4)cn23)s1. The summed E-state index contributed by atoms with van der Waals surface area (Å²) in [5.74, 6) is 5.22. The number of aliphatic hydroxyl groups excluding tert-OH is 1. The molecule has 0 saturated carbocycles. The van der Waals surface area contributed by atoms with Crippen molar-refractivity contribution in [3.8, 4) is 23.0 Å². The lowest BCUT2D eigenvalue weighted by molar-refractivity contribution is -0.138. The molecule has 0 aliphatic heterocycles.